The number of allylic oxidation sites excluding steroid dienone is 5. The normalized spacial score (nSPS) is 16.5. The van der Waals surface area contributed by atoms with Crippen LogP contribution < -0.4 is 0 Å². The maximum Gasteiger partial charge on any atom is 0.0178 e. The minimum absolute atomic E-state index is 0.0382. The molecular weight excluding hydrogens is 428 g/mol. The summed E-state index contributed by atoms with van der Waals surface area (Å²) in [7, 11) is 0. The van der Waals surface area contributed by atoms with E-state index in [-0.39, 0.29) is 5.41 Å². The molecule has 0 unspecified atom stereocenters. The molecule has 1 heteroatoms. The number of fused-ring (bicyclic) bond motifs is 1. The highest BCUT2D eigenvalue weighted by Gasteiger charge is 2.34. The first-order chi connectivity index (χ1) is 14.5. The van der Waals surface area contributed by atoms with Gasteiger partial charge in [0, 0.05) is 9.89 Å². The SMILES string of the molecule is C=C/C=C(\C=C1/Cc2ccc(Br)cc2C1(C)C)Cc1ccc(-c2ccccc2)cc1. The van der Waals surface area contributed by atoms with Crippen LogP contribution in [0.1, 0.15) is 30.5 Å². The molecule has 0 atom stereocenters. The number of hydrogen-bond acceptors (Lipinski definition) is 0. The van der Waals surface area contributed by atoms with Crippen LogP contribution in [0.25, 0.3) is 11.1 Å². The lowest BCUT2D eigenvalue weighted by atomic mass is 9.81. The minimum Gasteiger partial charge on any atom is -0.0991 e. The van der Waals surface area contributed by atoms with Crippen LogP contribution in [0.15, 0.2) is 113 Å². The first kappa shape index (κ1) is 20.6. The predicted molar refractivity (Wildman–Crippen MR) is 133 cm³/mol. The van der Waals surface area contributed by atoms with Crippen molar-refractivity contribution in [3.8, 4) is 11.1 Å². The molecule has 3 aromatic carbocycles. The third-order valence-corrected chi connectivity index (χ3v) is 6.58. The van der Waals surface area contributed by atoms with E-state index in [4.69, 9.17) is 0 Å². The van der Waals surface area contributed by atoms with Crippen molar-refractivity contribution in [1.29, 1.82) is 0 Å². The summed E-state index contributed by atoms with van der Waals surface area (Å²) in [6, 6.07) is 26.1. The smallest absolute Gasteiger partial charge is 0.0178 e. The molecule has 0 aliphatic heterocycles. The Bertz CT molecular complexity index is 1110. The fourth-order valence-electron chi connectivity index (χ4n) is 4.33. The van der Waals surface area contributed by atoms with E-state index < -0.39 is 0 Å². The molecule has 0 N–H and O–H groups in total. The monoisotopic (exact) mass is 454 g/mol. The van der Waals surface area contributed by atoms with E-state index >= 15 is 0 Å². The van der Waals surface area contributed by atoms with Crippen molar-refractivity contribution < 1.29 is 0 Å². The van der Waals surface area contributed by atoms with Gasteiger partial charge in [0.25, 0.3) is 0 Å². The third kappa shape index (κ3) is 4.27. The zero-order chi connectivity index (χ0) is 21.1. The summed E-state index contributed by atoms with van der Waals surface area (Å²) in [5, 5.41) is 0. The Morgan fingerprint density at radius 1 is 0.967 bits per heavy atom. The Hall–Kier alpha value is -2.64. The quantitative estimate of drug-likeness (QED) is 0.340. The van der Waals surface area contributed by atoms with Gasteiger partial charge in [0.2, 0.25) is 0 Å². The van der Waals surface area contributed by atoms with E-state index in [0.29, 0.717) is 0 Å². The van der Waals surface area contributed by atoms with Gasteiger partial charge < -0.3 is 0 Å². The number of benzene rings is 3. The summed E-state index contributed by atoms with van der Waals surface area (Å²) in [6.45, 7) is 8.61. The van der Waals surface area contributed by atoms with E-state index in [9.17, 15) is 0 Å². The maximum atomic E-state index is 3.95. The largest absolute Gasteiger partial charge is 0.0991 e. The lowest BCUT2D eigenvalue weighted by Gasteiger charge is -2.23. The van der Waals surface area contributed by atoms with E-state index in [0.717, 1.165) is 17.3 Å². The molecule has 0 heterocycles. The summed E-state index contributed by atoms with van der Waals surface area (Å²) < 4.78 is 1.15. The topological polar surface area (TPSA) is 0 Å². The molecule has 0 amide bonds. The Morgan fingerprint density at radius 3 is 2.37 bits per heavy atom. The van der Waals surface area contributed by atoms with Gasteiger partial charge >= 0.3 is 0 Å². The van der Waals surface area contributed by atoms with Gasteiger partial charge in [0.05, 0.1) is 0 Å². The lowest BCUT2D eigenvalue weighted by Crippen LogP contribution is -2.15. The Balaban J connectivity index is 1.58. The Kier molecular flexibility index (Phi) is 5.92. The second kappa shape index (κ2) is 8.62. The average Bonchev–Trinajstić information content (AvgIpc) is 2.99. The molecule has 0 fully saturated rings. The predicted octanol–water partition coefficient (Wildman–Crippen LogP) is 8.23. The molecule has 0 radical (unpaired) electrons. The first-order valence-corrected chi connectivity index (χ1v) is 11.2. The summed E-state index contributed by atoms with van der Waals surface area (Å²) in [5.74, 6) is 0. The summed E-state index contributed by atoms with van der Waals surface area (Å²) in [4.78, 5) is 0. The fourth-order valence-corrected chi connectivity index (χ4v) is 4.69. The highest BCUT2D eigenvalue weighted by molar-refractivity contribution is 9.10. The fraction of sp³-hybridized carbons (Fsp3) is 0.172. The third-order valence-electron chi connectivity index (χ3n) is 6.09. The zero-order valence-electron chi connectivity index (χ0n) is 17.7. The molecule has 4 rings (SSSR count). The van der Waals surface area contributed by atoms with Gasteiger partial charge in [-0.25, -0.2) is 0 Å². The highest BCUT2D eigenvalue weighted by Crippen LogP contribution is 2.44. The van der Waals surface area contributed by atoms with Crippen molar-refractivity contribution in [2.75, 3.05) is 0 Å². The van der Waals surface area contributed by atoms with Crippen molar-refractivity contribution in [2.45, 2.75) is 32.1 Å². The van der Waals surface area contributed by atoms with Crippen molar-refractivity contribution in [1.82, 2.24) is 0 Å². The van der Waals surface area contributed by atoms with Gasteiger partial charge in [-0.3, -0.25) is 0 Å². The van der Waals surface area contributed by atoms with E-state index in [1.807, 2.05) is 6.08 Å². The molecule has 0 aromatic heterocycles. The Morgan fingerprint density at radius 2 is 1.67 bits per heavy atom. The van der Waals surface area contributed by atoms with Crippen LogP contribution in [-0.2, 0) is 18.3 Å². The van der Waals surface area contributed by atoms with Crippen molar-refractivity contribution in [2.24, 2.45) is 0 Å². The molecule has 0 bridgehead atoms. The Labute approximate surface area is 188 Å². The van der Waals surface area contributed by atoms with E-state index in [1.54, 1.807) is 0 Å². The molecule has 150 valence electrons. The number of hydrogen-bond donors (Lipinski definition) is 0. The van der Waals surface area contributed by atoms with Gasteiger partial charge in [-0.15, -0.1) is 0 Å². The van der Waals surface area contributed by atoms with Crippen LogP contribution in [0.5, 0.6) is 0 Å². The van der Waals surface area contributed by atoms with Crippen LogP contribution in [-0.4, -0.2) is 0 Å². The molecule has 30 heavy (non-hydrogen) atoms. The maximum absolute atomic E-state index is 3.95. The zero-order valence-corrected chi connectivity index (χ0v) is 19.2. The molecule has 3 aromatic rings. The van der Waals surface area contributed by atoms with Crippen molar-refractivity contribution >= 4 is 15.9 Å². The second-order valence-electron chi connectivity index (χ2n) is 8.49. The molecule has 0 nitrogen and oxygen atoms in total. The van der Waals surface area contributed by atoms with E-state index in [1.165, 1.54) is 39.0 Å². The summed E-state index contributed by atoms with van der Waals surface area (Å²) in [5.41, 5.74) is 9.48. The van der Waals surface area contributed by atoms with Crippen molar-refractivity contribution in [3.05, 3.63) is 130 Å². The van der Waals surface area contributed by atoms with Crippen LogP contribution in [0, 0.1) is 0 Å². The van der Waals surface area contributed by atoms with Crippen LogP contribution in [0.3, 0.4) is 0 Å². The van der Waals surface area contributed by atoms with Crippen molar-refractivity contribution in [3.63, 3.8) is 0 Å². The number of halogens is 1. The van der Waals surface area contributed by atoms with Gasteiger partial charge in [-0.1, -0.05) is 121 Å². The van der Waals surface area contributed by atoms with Crippen LogP contribution in [0.2, 0.25) is 0 Å². The lowest BCUT2D eigenvalue weighted by molar-refractivity contribution is 0.642. The highest BCUT2D eigenvalue weighted by atomic mass is 79.9. The molecular formula is C29H27Br. The molecule has 1 aliphatic rings. The minimum atomic E-state index is 0.0382. The van der Waals surface area contributed by atoms with Crippen LogP contribution >= 0.6 is 15.9 Å². The van der Waals surface area contributed by atoms with E-state index in [2.05, 4.69) is 121 Å². The summed E-state index contributed by atoms with van der Waals surface area (Å²) >= 11 is 3.63. The standard InChI is InChI=1S/C29H27Br/c1-4-8-22(17-21-11-13-24(14-12-21)23-9-6-5-7-10-23)18-26-19-25-15-16-27(30)20-28(25)29(26,2)3/h4-16,18,20H,1,17,19H2,2-3H3/b22-8-,26-18+. The molecule has 0 saturated carbocycles. The molecule has 0 saturated heterocycles. The molecule has 1 aliphatic carbocycles. The van der Waals surface area contributed by atoms with Gasteiger partial charge in [0.1, 0.15) is 0 Å². The van der Waals surface area contributed by atoms with Gasteiger partial charge in [-0.05, 0) is 58.4 Å². The average molecular weight is 455 g/mol. The van der Waals surface area contributed by atoms with Gasteiger partial charge in [0.15, 0.2) is 0 Å². The second-order valence-corrected chi connectivity index (χ2v) is 9.41. The van der Waals surface area contributed by atoms with Gasteiger partial charge in [-0.2, -0.15) is 0 Å². The summed E-state index contributed by atoms with van der Waals surface area (Å²) in [6.07, 6.45) is 8.35. The number of rotatable bonds is 5. The molecule has 0 spiro atoms. The van der Waals surface area contributed by atoms with Crippen LogP contribution in [0.4, 0.5) is 0 Å². The first-order valence-electron chi connectivity index (χ1n) is 10.4.